The van der Waals surface area contributed by atoms with Crippen LogP contribution in [0.4, 0.5) is 5.69 Å². The Morgan fingerprint density at radius 1 is 1.19 bits per heavy atom. The zero-order chi connectivity index (χ0) is 19.3. The zero-order valence-electron chi connectivity index (χ0n) is 15.4. The maximum absolute atomic E-state index is 12.2. The molecular formula is C17H24N4O4S. The molecule has 1 aromatic heterocycles. The van der Waals surface area contributed by atoms with Gasteiger partial charge in [0.25, 0.3) is 0 Å². The number of nitrogens with one attached hydrogen (secondary N) is 2. The number of sulfonamides is 1. The number of hydrogen-bond donors (Lipinski definition) is 2. The molecule has 2 aromatic rings. The van der Waals surface area contributed by atoms with Crippen LogP contribution < -0.4 is 14.9 Å². The molecule has 0 aliphatic heterocycles. The third-order valence-electron chi connectivity index (χ3n) is 3.82. The smallest absolute Gasteiger partial charge is 0.245 e. The highest BCUT2D eigenvalue weighted by atomic mass is 32.2. The molecule has 0 fully saturated rings. The van der Waals surface area contributed by atoms with Gasteiger partial charge in [0.15, 0.2) is 5.76 Å². The summed E-state index contributed by atoms with van der Waals surface area (Å²) in [6.07, 6.45) is 0.0401. The Balaban J connectivity index is 1.80. The average Bonchev–Trinajstić information content (AvgIpc) is 2.92. The van der Waals surface area contributed by atoms with Crippen molar-refractivity contribution in [2.24, 2.45) is 0 Å². The molecule has 8 nitrogen and oxygen atoms in total. The maximum Gasteiger partial charge on any atom is 0.245 e. The van der Waals surface area contributed by atoms with Gasteiger partial charge in [-0.1, -0.05) is 17.3 Å². The number of hydrogen-bond acceptors (Lipinski definition) is 6. The first-order chi connectivity index (χ1) is 12.2. The Bertz CT molecular complexity index is 838. The second kappa shape index (κ2) is 8.33. The van der Waals surface area contributed by atoms with E-state index in [9.17, 15) is 13.2 Å². The van der Waals surface area contributed by atoms with Gasteiger partial charge in [0.05, 0.1) is 0 Å². The first kappa shape index (κ1) is 19.9. The van der Waals surface area contributed by atoms with Crippen molar-refractivity contribution in [3.8, 4) is 0 Å². The molecule has 26 heavy (non-hydrogen) atoms. The summed E-state index contributed by atoms with van der Waals surface area (Å²) < 4.78 is 31.7. The van der Waals surface area contributed by atoms with Crippen LogP contribution in [-0.2, 0) is 21.4 Å². The van der Waals surface area contributed by atoms with Gasteiger partial charge in [-0.05, 0) is 31.5 Å². The highest BCUT2D eigenvalue weighted by Gasteiger charge is 2.23. The number of carbonyl (C=O) groups excluding carboxylic acids is 1. The molecule has 0 bridgehead atoms. The van der Waals surface area contributed by atoms with Crippen molar-refractivity contribution < 1.29 is 17.7 Å². The summed E-state index contributed by atoms with van der Waals surface area (Å²) in [6, 6.07) is 7.82. The summed E-state index contributed by atoms with van der Waals surface area (Å²) in [4.78, 5) is 13.9. The molecule has 9 heteroatoms. The molecule has 0 saturated carbocycles. The monoisotopic (exact) mass is 380 g/mol. The first-order valence-electron chi connectivity index (χ1n) is 8.16. The zero-order valence-corrected chi connectivity index (χ0v) is 16.2. The molecule has 1 heterocycles. The summed E-state index contributed by atoms with van der Waals surface area (Å²) in [5.41, 5.74) is 2.34. The quantitative estimate of drug-likeness (QED) is 0.716. The van der Waals surface area contributed by atoms with Crippen LogP contribution >= 0.6 is 0 Å². The number of nitrogens with zero attached hydrogens (tertiary/aromatic N) is 2. The van der Waals surface area contributed by atoms with Gasteiger partial charge in [-0.2, -0.15) is 0 Å². The highest BCUT2D eigenvalue weighted by Crippen LogP contribution is 2.18. The fourth-order valence-corrected chi connectivity index (χ4v) is 3.79. The van der Waals surface area contributed by atoms with E-state index in [2.05, 4.69) is 15.2 Å². The maximum atomic E-state index is 12.2. The van der Waals surface area contributed by atoms with E-state index in [1.54, 1.807) is 6.92 Å². The van der Waals surface area contributed by atoms with Crippen LogP contribution in [0.1, 0.15) is 23.4 Å². The lowest BCUT2D eigenvalue weighted by atomic mass is 10.2. The Morgan fingerprint density at radius 3 is 2.38 bits per heavy atom. The largest absolute Gasteiger partial charge is 0.378 e. The van der Waals surface area contributed by atoms with Crippen LogP contribution in [0, 0.1) is 13.8 Å². The normalized spacial score (nSPS) is 11.4. The van der Waals surface area contributed by atoms with E-state index in [4.69, 9.17) is 4.52 Å². The molecule has 0 atom stereocenters. The van der Waals surface area contributed by atoms with Crippen LogP contribution in [0.3, 0.4) is 0 Å². The Morgan fingerprint density at radius 2 is 1.85 bits per heavy atom. The molecule has 0 saturated heterocycles. The van der Waals surface area contributed by atoms with Gasteiger partial charge in [-0.3, -0.25) is 4.79 Å². The summed E-state index contributed by atoms with van der Waals surface area (Å²) >= 11 is 0. The van der Waals surface area contributed by atoms with E-state index in [0.717, 1.165) is 11.3 Å². The standard InChI is InChI=1S/C17H24N4O4S/c1-12-17(13(2)25-20-12)26(23,24)19-10-9-16(22)18-11-14-5-7-15(8-6-14)21(3)4/h5-8,19H,9-11H2,1-4H3,(H,18,22). The Kier molecular flexibility index (Phi) is 6.38. The minimum Gasteiger partial charge on any atom is -0.378 e. The number of benzene rings is 1. The minimum absolute atomic E-state index is 0.00219. The number of rotatable bonds is 8. The fraction of sp³-hybridized carbons (Fsp3) is 0.412. The SMILES string of the molecule is Cc1noc(C)c1S(=O)(=O)NCCC(=O)NCc1ccc(N(C)C)cc1. The van der Waals surface area contributed by atoms with Crippen molar-refractivity contribution in [2.75, 3.05) is 25.5 Å². The van der Waals surface area contributed by atoms with Gasteiger partial charge in [-0.15, -0.1) is 0 Å². The number of aromatic nitrogens is 1. The Hall–Kier alpha value is -2.39. The predicted molar refractivity (Wildman–Crippen MR) is 98.4 cm³/mol. The first-order valence-corrected chi connectivity index (χ1v) is 9.64. The van der Waals surface area contributed by atoms with Crippen LogP contribution in [0.25, 0.3) is 0 Å². The number of anilines is 1. The lowest BCUT2D eigenvalue weighted by Crippen LogP contribution is -2.31. The summed E-state index contributed by atoms with van der Waals surface area (Å²) in [6.45, 7) is 3.48. The molecule has 2 rings (SSSR count). The van der Waals surface area contributed by atoms with Crippen molar-refractivity contribution in [2.45, 2.75) is 31.7 Å². The van der Waals surface area contributed by atoms with E-state index in [1.165, 1.54) is 6.92 Å². The van der Waals surface area contributed by atoms with Crippen molar-refractivity contribution in [1.82, 2.24) is 15.2 Å². The van der Waals surface area contributed by atoms with Crippen LogP contribution in [0.2, 0.25) is 0 Å². The van der Waals surface area contributed by atoms with Crippen molar-refractivity contribution in [3.63, 3.8) is 0 Å². The van der Waals surface area contributed by atoms with Gasteiger partial charge in [-0.25, -0.2) is 13.1 Å². The van der Waals surface area contributed by atoms with Crippen LogP contribution in [-0.4, -0.2) is 40.1 Å². The van der Waals surface area contributed by atoms with E-state index in [-0.39, 0.29) is 29.5 Å². The molecule has 0 spiro atoms. The summed E-state index contributed by atoms with van der Waals surface area (Å²) in [7, 11) is 0.173. The predicted octanol–water partition coefficient (Wildman–Crippen LogP) is 1.34. The molecule has 1 amide bonds. The number of carbonyl (C=O) groups is 1. The Labute approximate surface area is 153 Å². The van der Waals surface area contributed by atoms with Gasteiger partial charge in [0.1, 0.15) is 10.6 Å². The summed E-state index contributed by atoms with van der Waals surface area (Å²) in [5, 5.41) is 6.40. The number of aryl methyl sites for hydroxylation is 2. The second-order valence-electron chi connectivity index (χ2n) is 6.14. The molecule has 0 radical (unpaired) electrons. The van der Waals surface area contributed by atoms with Gasteiger partial charge < -0.3 is 14.7 Å². The van der Waals surface area contributed by atoms with E-state index in [1.807, 2.05) is 43.3 Å². The lowest BCUT2D eigenvalue weighted by Gasteiger charge is -2.13. The topological polar surface area (TPSA) is 105 Å². The fourth-order valence-electron chi connectivity index (χ4n) is 2.43. The highest BCUT2D eigenvalue weighted by molar-refractivity contribution is 7.89. The van der Waals surface area contributed by atoms with E-state index in [0.29, 0.717) is 12.2 Å². The van der Waals surface area contributed by atoms with Crippen molar-refractivity contribution >= 4 is 21.6 Å². The third-order valence-corrected chi connectivity index (χ3v) is 5.53. The van der Waals surface area contributed by atoms with Crippen LogP contribution in [0.5, 0.6) is 0 Å². The summed E-state index contributed by atoms with van der Waals surface area (Å²) in [5.74, 6) is -0.0104. The average molecular weight is 380 g/mol. The van der Waals surface area contributed by atoms with Crippen molar-refractivity contribution in [3.05, 3.63) is 41.3 Å². The minimum atomic E-state index is -3.74. The van der Waals surface area contributed by atoms with Crippen LogP contribution in [0.15, 0.2) is 33.7 Å². The molecule has 142 valence electrons. The number of amides is 1. The van der Waals surface area contributed by atoms with Gasteiger partial charge in [0.2, 0.25) is 15.9 Å². The molecule has 0 aliphatic carbocycles. The van der Waals surface area contributed by atoms with E-state index >= 15 is 0 Å². The molecule has 0 aliphatic rings. The van der Waals surface area contributed by atoms with Gasteiger partial charge in [0, 0.05) is 39.3 Å². The van der Waals surface area contributed by atoms with Gasteiger partial charge >= 0.3 is 0 Å². The lowest BCUT2D eigenvalue weighted by molar-refractivity contribution is -0.121. The molecule has 2 N–H and O–H groups in total. The van der Waals surface area contributed by atoms with E-state index < -0.39 is 10.0 Å². The third kappa shape index (κ3) is 5.06. The van der Waals surface area contributed by atoms with Crippen molar-refractivity contribution in [1.29, 1.82) is 0 Å². The molecule has 0 unspecified atom stereocenters. The molecular weight excluding hydrogens is 356 g/mol. The second-order valence-corrected chi connectivity index (χ2v) is 7.84. The molecule has 1 aromatic carbocycles.